The highest BCUT2D eigenvalue weighted by Gasteiger charge is 2.35. The quantitative estimate of drug-likeness (QED) is 0.476. The second kappa shape index (κ2) is 11.2. The number of hydrogen-bond acceptors (Lipinski definition) is 5. The van der Waals surface area contributed by atoms with Gasteiger partial charge in [-0.05, 0) is 54.1 Å². The largest absolute Gasteiger partial charge is 0.497 e. The van der Waals surface area contributed by atoms with Gasteiger partial charge in [0.15, 0.2) is 6.04 Å². The van der Waals surface area contributed by atoms with Crippen molar-refractivity contribution in [1.29, 1.82) is 0 Å². The molecule has 3 aromatic rings. The third-order valence-electron chi connectivity index (χ3n) is 6.06. The van der Waals surface area contributed by atoms with E-state index in [-0.39, 0.29) is 30.8 Å². The molecule has 1 aliphatic carbocycles. The van der Waals surface area contributed by atoms with Gasteiger partial charge in [0.25, 0.3) is 5.91 Å². The minimum absolute atomic E-state index is 0.117. The molecule has 1 N–H and O–H groups in total. The van der Waals surface area contributed by atoms with Gasteiger partial charge < -0.3 is 19.4 Å². The van der Waals surface area contributed by atoms with Crippen molar-refractivity contribution in [3.05, 3.63) is 76.4 Å². The number of carbonyl (C=O) groups excluding carboxylic acids is 2. The van der Waals surface area contributed by atoms with Crippen LogP contribution in [0.3, 0.4) is 0 Å². The number of methoxy groups -OCH3 is 1. The van der Waals surface area contributed by atoms with Gasteiger partial charge in [-0.2, -0.15) is 0 Å². The van der Waals surface area contributed by atoms with E-state index < -0.39 is 6.04 Å². The molecule has 33 heavy (non-hydrogen) atoms. The summed E-state index contributed by atoms with van der Waals surface area (Å²) in [6, 6.07) is 14.3. The van der Waals surface area contributed by atoms with E-state index in [9.17, 15) is 9.59 Å². The number of hydrogen-bond donors (Lipinski definition) is 1. The number of nitrogens with one attached hydrogen (secondary N) is 1. The Labute approximate surface area is 198 Å². The number of amides is 2. The summed E-state index contributed by atoms with van der Waals surface area (Å²) < 4.78 is 10.9. The standard InChI is InChI=1S/C26H30N2O4S/c1-31-21-13-11-19(12-14-21)18-28(24(29)17-22-9-6-16-33-22)25(23-10-5-15-32-23)26(30)27-20-7-3-2-4-8-20/h5-6,9-16,20,25H,2-4,7-8,17-18H2,1H3,(H,27,30)/t25-/m0/s1. The molecule has 1 fully saturated rings. The fraction of sp³-hybridized carbons (Fsp3) is 0.385. The summed E-state index contributed by atoms with van der Waals surface area (Å²) in [6.45, 7) is 0.289. The Bertz CT molecular complexity index is 1010. The summed E-state index contributed by atoms with van der Waals surface area (Å²) in [5, 5.41) is 5.15. The first-order valence-corrected chi connectivity index (χ1v) is 12.3. The van der Waals surface area contributed by atoms with Crippen LogP contribution in [0.1, 0.15) is 54.3 Å². The molecule has 0 unspecified atom stereocenters. The Morgan fingerprint density at radius 2 is 1.91 bits per heavy atom. The highest BCUT2D eigenvalue weighted by atomic mass is 32.1. The molecule has 2 heterocycles. The lowest BCUT2D eigenvalue weighted by Crippen LogP contribution is -2.47. The van der Waals surface area contributed by atoms with Gasteiger partial charge in [-0.25, -0.2) is 0 Å². The zero-order chi connectivity index (χ0) is 23.0. The van der Waals surface area contributed by atoms with Gasteiger partial charge in [0.2, 0.25) is 5.91 Å². The van der Waals surface area contributed by atoms with E-state index in [2.05, 4.69) is 5.32 Å². The van der Waals surface area contributed by atoms with E-state index in [1.165, 1.54) is 17.8 Å². The number of thiophene rings is 1. The Hall–Kier alpha value is -3.06. The Kier molecular flexibility index (Phi) is 7.83. The average molecular weight is 467 g/mol. The molecule has 7 heteroatoms. The van der Waals surface area contributed by atoms with Crippen LogP contribution >= 0.6 is 11.3 Å². The maximum absolute atomic E-state index is 13.6. The number of ether oxygens (including phenoxy) is 1. The zero-order valence-electron chi connectivity index (χ0n) is 18.9. The van der Waals surface area contributed by atoms with Crippen LogP contribution in [0.4, 0.5) is 0 Å². The van der Waals surface area contributed by atoms with Crippen LogP contribution in [0.5, 0.6) is 5.75 Å². The van der Waals surface area contributed by atoms with Gasteiger partial charge in [0.1, 0.15) is 11.5 Å². The SMILES string of the molecule is COc1ccc(CN(C(=O)Cc2cccs2)[C@H](C(=O)NC2CCCCC2)c2ccco2)cc1. The topological polar surface area (TPSA) is 71.8 Å². The molecule has 174 valence electrons. The summed E-state index contributed by atoms with van der Waals surface area (Å²) in [6.07, 6.45) is 7.16. The molecule has 0 bridgehead atoms. The third kappa shape index (κ3) is 6.05. The number of furan rings is 1. The average Bonchev–Trinajstić information content (AvgIpc) is 3.54. The number of benzene rings is 1. The summed E-state index contributed by atoms with van der Waals surface area (Å²) in [5.41, 5.74) is 0.914. The van der Waals surface area contributed by atoms with Crippen molar-refractivity contribution >= 4 is 23.2 Å². The molecule has 1 aliphatic rings. The number of nitrogens with zero attached hydrogens (tertiary/aromatic N) is 1. The van der Waals surface area contributed by atoms with Crippen molar-refractivity contribution in [2.45, 2.75) is 57.2 Å². The molecule has 0 spiro atoms. The Balaban J connectivity index is 1.63. The lowest BCUT2D eigenvalue weighted by molar-refractivity contribution is -0.142. The van der Waals surface area contributed by atoms with Gasteiger partial charge >= 0.3 is 0 Å². The van der Waals surface area contributed by atoms with Crippen molar-refractivity contribution in [1.82, 2.24) is 10.2 Å². The van der Waals surface area contributed by atoms with Crippen molar-refractivity contribution in [2.24, 2.45) is 0 Å². The van der Waals surface area contributed by atoms with Gasteiger partial charge in [0.05, 0.1) is 19.8 Å². The molecule has 1 aromatic carbocycles. The minimum Gasteiger partial charge on any atom is -0.497 e. The highest BCUT2D eigenvalue weighted by molar-refractivity contribution is 7.10. The third-order valence-corrected chi connectivity index (χ3v) is 6.94. The molecule has 2 amide bonds. The first-order valence-electron chi connectivity index (χ1n) is 11.4. The van der Waals surface area contributed by atoms with Crippen LogP contribution < -0.4 is 10.1 Å². The first kappa shape index (κ1) is 23.1. The molecule has 0 radical (unpaired) electrons. The highest BCUT2D eigenvalue weighted by Crippen LogP contribution is 2.28. The fourth-order valence-corrected chi connectivity index (χ4v) is 5.01. The summed E-state index contributed by atoms with van der Waals surface area (Å²) >= 11 is 1.54. The molecule has 4 rings (SSSR count). The molecule has 0 saturated heterocycles. The van der Waals surface area contributed by atoms with E-state index in [0.29, 0.717) is 5.76 Å². The van der Waals surface area contributed by atoms with Gasteiger partial charge in [-0.15, -0.1) is 11.3 Å². The predicted octanol–water partition coefficient (Wildman–Crippen LogP) is 5.11. The molecule has 6 nitrogen and oxygen atoms in total. The minimum atomic E-state index is -0.837. The second-order valence-electron chi connectivity index (χ2n) is 8.39. The van der Waals surface area contributed by atoms with Crippen molar-refractivity contribution in [2.75, 3.05) is 7.11 Å². The number of carbonyl (C=O) groups is 2. The summed E-state index contributed by atoms with van der Waals surface area (Å²) in [4.78, 5) is 29.7. The Morgan fingerprint density at radius 1 is 1.12 bits per heavy atom. The van der Waals surface area contributed by atoms with Crippen LogP contribution in [-0.4, -0.2) is 29.9 Å². The van der Waals surface area contributed by atoms with Crippen molar-refractivity contribution in [3.63, 3.8) is 0 Å². The van der Waals surface area contributed by atoms with Gasteiger partial charge in [-0.1, -0.05) is 37.5 Å². The van der Waals surface area contributed by atoms with Gasteiger partial charge in [0, 0.05) is 17.5 Å². The Morgan fingerprint density at radius 3 is 2.55 bits per heavy atom. The number of rotatable bonds is 9. The fourth-order valence-electron chi connectivity index (χ4n) is 4.31. The predicted molar refractivity (Wildman–Crippen MR) is 128 cm³/mol. The molecular formula is C26H30N2O4S. The van der Waals surface area contributed by atoms with Crippen molar-refractivity contribution in [3.8, 4) is 5.75 Å². The van der Waals surface area contributed by atoms with Gasteiger partial charge in [-0.3, -0.25) is 9.59 Å². The molecule has 1 atom stereocenters. The molecular weight excluding hydrogens is 436 g/mol. The van der Waals surface area contributed by atoms with Crippen LogP contribution in [-0.2, 0) is 22.6 Å². The lowest BCUT2D eigenvalue weighted by atomic mass is 9.95. The first-order chi connectivity index (χ1) is 16.1. The van der Waals surface area contributed by atoms with Crippen LogP contribution in [0.2, 0.25) is 0 Å². The van der Waals surface area contributed by atoms with E-state index in [0.717, 1.165) is 41.9 Å². The maximum atomic E-state index is 13.6. The van der Waals surface area contributed by atoms with E-state index in [1.54, 1.807) is 30.4 Å². The van der Waals surface area contributed by atoms with Crippen molar-refractivity contribution < 1.29 is 18.7 Å². The van der Waals surface area contributed by atoms with E-state index in [4.69, 9.17) is 9.15 Å². The second-order valence-corrected chi connectivity index (χ2v) is 9.42. The normalized spacial score (nSPS) is 15.1. The van der Waals surface area contributed by atoms with Crippen LogP contribution in [0.15, 0.2) is 64.6 Å². The monoisotopic (exact) mass is 466 g/mol. The molecule has 0 aliphatic heterocycles. The zero-order valence-corrected chi connectivity index (χ0v) is 19.7. The maximum Gasteiger partial charge on any atom is 0.250 e. The summed E-state index contributed by atoms with van der Waals surface area (Å²) in [7, 11) is 1.62. The van der Waals surface area contributed by atoms with Crippen LogP contribution in [0.25, 0.3) is 0 Å². The molecule has 2 aromatic heterocycles. The molecule has 1 saturated carbocycles. The van der Waals surface area contributed by atoms with E-state index >= 15 is 0 Å². The lowest BCUT2D eigenvalue weighted by Gasteiger charge is -2.32. The smallest absolute Gasteiger partial charge is 0.250 e. The van der Waals surface area contributed by atoms with Crippen LogP contribution in [0, 0.1) is 0 Å². The van der Waals surface area contributed by atoms with E-state index in [1.807, 2.05) is 41.8 Å². The summed E-state index contributed by atoms with van der Waals surface area (Å²) in [5.74, 6) is 0.905.